The van der Waals surface area contributed by atoms with Crippen LogP contribution in [0.25, 0.3) is 0 Å². The van der Waals surface area contributed by atoms with Crippen LogP contribution < -0.4 is 9.62 Å². The van der Waals surface area contributed by atoms with Crippen LogP contribution in [0.3, 0.4) is 0 Å². The van der Waals surface area contributed by atoms with Gasteiger partial charge < -0.3 is 5.32 Å². The van der Waals surface area contributed by atoms with Gasteiger partial charge in [0.1, 0.15) is 0 Å². The summed E-state index contributed by atoms with van der Waals surface area (Å²) in [5.74, 6) is -0.268. The Bertz CT molecular complexity index is 870. The Morgan fingerprint density at radius 1 is 1.19 bits per heavy atom. The quantitative estimate of drug-likeness (QED) is 0.769. The van der Waals surface area contributed by atoms with Crippen molar-refractivity contribution < 1.29 is 13.2 Å². The lowest BCUT2D eigenvalue weighted by Crippen LogP contribution is -2.32. The van der Waals surface area contributed by atoms with Crippen molar-refractivity contribution in [2.75, 3.05) is 11.4 Å². The molecule has 0 aliphatic heterocycles. The number of halogens is 1. The minimum absolute atomic E-state index is 0.0457. The summed E-state index contributed by atoms with van der Waals surface area (Å²) in [6.07, 6.45) is 1.84. The second-order valence-corrected chi connectivity index (χ2v) is 8.49. The first-order chi connectivity index (χ1) is 12.3. The predicted molar refractivity (Wildman–Crippen MR) is 105 cm³/mol. The molecule has 0 radical (unpaired) electrons. The standard InChI is InChI=1S/C19H23ClN2O3S/c1-4-8-14(2)21-19(23)17-12-11-15(13-18(17)20)22(3)26(24,25)16-9-6-5-7-10-16/h5-7,9-14H,4,8H2,1-3H3,(H,21,23)/t14-/m0/s1. The van der Waals surface area contributed by atoms with Crippen molar-refractivity contribution >= 4 is 33.2 Å². The maximum atomic E-state index is 12.7. The highest BCUT2D eigenvalue weighted by Gasteiger charge is 2.22. The molecule has 1 N–H and O–H groups in total. The van der Waals surface area contributed by atoms with Gasteiger partial charge in [-0.25, -0.2) is 8.42 Å². The van der Waals surface area contributed by atoms with Crippen LogP contribution in [0.1, 0.15) is 37.0 Å². The Labute approximate surface area is 160 Å². The highest BCUT2D eigenvalue weighted by Crippen LogP contribution is 2.27. The van der Waals surface area contributed by atoms with Gasteiger partial charge in [-0.15, -0.1) is 0 Å². The number of nitrogens with zero attached hydrogens (tertiary/aromatic N) is 1. The summed E-state index contributed by atoms with van der Waals surface area (Å²) >= 11 is 6.24. The summed E-state index contributed by atoms with van der Waals surface area (Å²) in [5, 5.41) is 3.09. The van der Waals surface area contributed by atoms with Gasteiger partial charge in [0.15, 0.2) is 0 Å². The molecule has 0 saturated heterocycles. The summed E-state index contributed by atoms with van der Waals surface area (Å²) in [6.45, 7) is 3.98. The monoisotopic (exact) mass is 394 g/mol. The van der Waals surface area contributed by atoms with Crippen molar-refractivity contribution in [3.05, 3.63) is 59.1 Å². The first-order valence-corrected chi connectivity index (χ1v) is 10.2. The molecule has 5 nitrogen and oxygen atoms in total. The van der Waals surface area contributed by atoms with Crippen molar-refractivity contribution in [3.63, 3.8) is 0 Å². The molecule has 2 aromatic rings. The number of sulfonamides is 1. The van der Waals surface area contributed by atoms with Crippen molar-refractivity contribution in [1.29, 1.82) is 0 Å². The lowest BCUT2D eigenvalue weighted by atomic mass is 10.1. The van der Waals surface area contributed by atoms with E-state index in [2.05, 4.69) is 5.32 Å². The van der Waals surface area contributed by atoms with Crippen molar-refractivity contribution in [1.82, 2.24) is 5.32 Å². The number of nitrogens with one attached hydrogen (secondary N) is 1. The summed E-state index contributed by atoms with van der Waals surface area (Å²) in [4.78, 5) is 12.5. The molecular formula is C19H23ClN2O3S. The third-order valence-corrected chi connectivity index (χ3v) is 6.17. The van der Waals surface area contributed by atoms with Crippen LogP contribution in [0.4, 0.5) is 5.69 Å². The number of rotatable bonds is 7. The molecule has 0 spiro atoms. The molecule has 2 rings (SSSR count). The predicted octanol–water partition coefficient (Wildman–Crippen LogP) is 4.08. The van der Waals surface area contributed by atoms with E-state index in [0.29, 0.717) is 11.3 Å². The molecule has 2 aromatic carbocycles. The zero-order valence-corrected chi connectivity index (χ0v) is 16.6. The van der Waals surface area contributed by atoms with E-state index < -0.39 is 10.0 Å². The largest absolute Gasteiger partial charge is 0.350 e. The Kier molecular flexibility index (Phi) is 6.67. The average molecular weight is 395 g/mol. The number of carbonyl (C=O) groups excluding carboxylic acids is 1. The van der Waals surface area contributed by atoms with Crippen LogP contribution in [0, 0.1) is 0 Å². The number of hydrogen-bond donors (Lipinski definition) is 1. The smallest absolute Gasteiger partial charge is 0.264 e. The van der Waals surface area contributed by atoms with Gasteiger partial charge in [-0.2, -0.15) is 0 Å². The van der Waals surface area contributed by atoms with Crippen molar-refractivity contribution in [3.8, 4) is 0 Å². The van der Waals surface area contributed by atoms with Gasteiger partial charge in [0.2, 0.25) is 0 Å². The fourth-order valence-corrected chi connectivity index (χ4v) is 4.05. The topological polar surface area (TPSA) is 66.5 Å². The minimum atomic E-state index is -3.69. The fraction of sp³-hybridized carbons (Fsp3) is 0.316. The Morgan fingerprint density at radius 3 is 2.42 bits per heavy atom. The maximum Gasteiger partial charge on any atom is 0.264 e. The molecule has 0 fully saturated rings. The van der Waals surface area contributed by atoms with Crippen LogP contribution in [0.2, 0.25) is 5.02 Å². The number of carbonyl (C=O) groups is 1. The zero-order chi connectivity index (χ0) is 19.3. The SMILES string of the molecule is CCC[C@H](C)NC(=O)c1ccc(N(C)S(=O)(=O)c2ccccc2)cc1Cl. The van der Waals surface area contributed by atoms with Gasteiger partial charge >= 0.3 is 0 Å². The van der Waals surface area contributed by atoms with Crippen molar-refractivity contribution in [2.24, 2.45) is 0 Å². The van der Waals surface area contributed by atoms with E-state index in [4.69, 9.17) is 11.6 Å². The molecule has 7 heteroatoms. The molecule has 140 valence electrons. The molecule has 0 aliphatic rings. The maximum absolute atomic E-state index is 12.7. The Hall–Kier alpha value is -2.05. The van der Waals surface area contributed by atoms with E-state index in [9.17, 15) is 13.2 Å². The van der Waals surface area contributed by atoms with Gasteiger partial charge in [-0.3, -0.25) is 9.10 Å². The van der Waals surface area contributed by atoms with Crippen LogP contribution in [-0.4, -0.2) is 27.4 Å². The van der Waals surface area contributed by atoms with Crippen LogP contribution in [0.5, 0.6) is 0 Å². The molecule has 1 amide bonds. The molecule has 0 heterocycles. The lowest BCUT2D eigenvalue weighted by Gasteiger charge is -2.20. The summed E-state index contributed by atoms with van der Waals surface area (Å²) in [7, 11) is -2.24. The summed E-state index contributed by atoms with van der Waals surface area (Å²) in [5.41, 5.74) is 0.709. The third kappa shape index (κ3) is 4.56. The zero-order valence-electron chi connectivity index (χ0n) is 15.1. The van der Waals surface area contributed by atoms with E-state index in [0.717, 1.165) is 17.1 Å². The molecule has 0 unspecified atom stereocenters. The Balaban J connectivity index is 2.25. The van der Waals surface area contributed by atoms with Gasteiger partial charge in [0.25, 0.3) is 15.9 Å². The second-order valence-electron chi connectivity index (χ2n) is 6.11. The van der Waals surface area contributed by atoms with E-state index in [1.165, 1.54) is 25.2 Å². The van der Waals surface area contributed by atoms with E-state index in [1.807, 2.05) is 13.8 Å². The van der Waals surface area contributed by atoms with E-state index >= 15 is 0 Å². The first-order valence-electron chi connectivity index (χ1n) is 8.41. The molecule has 0 bridgehead atoms. The number of amides is 1. The Morgan fingerprint density at radius 2 is 1.85 bits per heavy atom. The number of anilines is 1. The van der Waals surface area contributed by atoms with Gasteiger partial charge in [-0.05, 0) is 43.7 Å². The highest BCUT2D eigenvalue weighted by atomic mass is 35.5. The molecule has 1 atom stereocenters. The van der Waals surface area contributed by atoms with Crippen LogP contribution in [-0.2, 0) is 10.0 Å². The molecule has 0 aliphatic carbocycles. The third-order valence-electron chi connectivity index (χ3n) is 4.06. The van der Waals surface area contributed by atoms with Gasteiger partial charge in [0, 0.05) is 13.1 Å². The lowest BCUT2D eigenvalue weighted by molar-refractivity contribution is 0.0938. The van der Waals surface area contributed by atoms with Gasteiger partial charge in [0.05, 0.1) is 21.2 Å². The second kappa shape index (κ2) is 8.56. The van der Waals surface area contributed by atoms with E-state index in [1.54, 1.807) is 30.3 Å². The average Bonchev–Trinajstić information content (AvgIpc) is 2.61. The van der Waals surface area contributed by atoms with Crippen LogP contribution >= 0.6 is 11.6 Å². The first kappa shape index (κ1) is 20.3. The minimum Gasteiger partial charge on any atom is -0.350 e. The summed E-state index contributed by atoms with van der Waals surface area (Å²) in [6, 6.07) is 12.8. The van der Waals surface area contributed by atoms with Gasteiger partial charge in [-0.1, -0.05) is 43.1 Å². The molecule has 0 aromatic heterocycles. The number of benzene rings is 2. The van der Waals surface area contributed by atoms with Crippen molar-refractivity contribution in [2.45, 2.75) is 37.6 Å². The highest BCUT2D eigenvalue weighted by molar-refractivity contribution is 7.92. The molecule has 26 heavy (non-hydrogen) atoms. The number of hydrogen-bond acceptors (Lipinski definition) is 3. The fourth-order valence-electron chi connectivity index (χ4n) is 2.58. The van der Waals surface area contributed by atoms with Crippen LogP contribution in [0.15, 0.2) is 53.4 Å². The normalized spacial score (nSPS) is 12.5. The van der Waals surface area contributed by atoms with E-state index in [-0.39, 0.29) is 21.9 Å². The molecular weight excluding hydrogens is 372 g/mol. The molecule has 0 saturated carbocycles. The summed E-state index contributed by atoms with van der Waals surface area (Å²) < 4.78 is 26.5.